The van der Waals surface area contributed by atoms with Crippen LogP contribution >= 0.6 is 0 Å². The van der Waals surface area contributed by atoms with E-state index in [0.29, 0.717) is 41.0 Å². The van der Waals surface area contributed by atoms with Crippen molar-refractivity contribution in [3.63, 3.8) is 0 Å². The topological polar surface area (TPSA) is 94.3 Å². The third-order valence-corrected chi connectivity index (χ3v) is 7.89. The molecule has 1 aliphatic carbocycles. The van der Waals surface area contributed by atoms with E-state index < -0.39 is 16.0 Å². The van der Waals surface area contributed by atoms with Gasteiger partial charge in [-0.3, -0.25) is 4.90 Å². The number of rotatable bonds is 9. The number of hydrogen-bond acceptors (Lipinski definition) is 7. The van der Waals surface area contributed by atoms with Crippen LogP contribution in [-0.2, 0) is 22.6 Å². The lowest BCUT2D eigenvalue weighted by Crippen LogP contribution is -2.47. The van der Waals surface area contributed by atoms with Gasteiger partial charge in [-0.05, 0) is 43.7 Å². The molecule has 0 amide bonds. The number of aromatic nitrogens is 1. The molecule has 1 aliphatic heterocycles. The van der Waals surface area contributed by atoms with E-state index in [-0.39, 0.29) is 6.61 Å². The van der Waals surface area contributed by atoms with E-state index in [1.807, 2.05) is 0 Å². The van der Waals surface area contributed by atoms with Gasteiger partial charge in [-0.25, -0.2) is 4.21 Å². The molecule has 1 saturated heterocycles. The van der Waals surface area contributed by atoms with Crippen molar-refractivity contribution in [3.05, 3.63) is 35.7 Å². The van der Waals surface area contributed by atoms with Crippen molar-refractivity contribution < 1.29 is 27.5 Å². The second-order valence-electron chi connectivity index (χ2n) is 8.57. The maximum Gasteiger partial charge on any atom is 0.180 e. The standard InChI is InChI=1S/C23H32N2O6S/c1-28-20-10-9-18(13-21(20)29-2)30-16-19-14-22(24-31-19)23(32(26)27)11-6-12-25(23)15-17-7-4-3-5-8-17/h9-10,13-14,17H,3-8,11-12,15-16H2,1-2H3,(H,26,27)/t23-/m0/s1. The summed E-state index contributed by atoms with van der Waals surface area (Å²) in [5.41, 5.74) is 0.512. The predicted octanol–water partition coefficient (Wildman–Crippen LogP) is 4.32. The number of nitrogens with zero attached hydrogens (tertiary/aromatic N) is 2. The van der Waals surface area contributed by atoms with Gasteiger partial charge in [0.25, 0.3) is 0 Å². The van der Waals surface area contributed by atoms with E-state index in [2.05, 4.69) is 10.1 Å². The molecule has 8 nitrogen and oxygen atoms in total. The van der Waals surface area contributed by atoms with Crippen LogP contribution in [-0.4, -0.2) is 46.1 Å². The first kappa shape index (κ1) is 23.1. The summed E-state index contributed by atoms with van der Waals surface area (Å²) in [6.45, 7) is 1.78. The van der Waals surface area contributed by atoms with Crippen molar-refractivity contribution in [1.82, 2.24) is 10.1 Å². The molecule has 176 valence electrons. The molecule has 0 radical (unpaired) electrons. The van der Waals surface area contributed by atoms with E-state index in [0.717, 1.165) is 19.5 Å². The molecule has 9 heteroatoms. The lowest BCUT2D eigenvalue weighted by atomic mass is 9.88. The summed E-state index contributed by atoms with van der Waals surface area (Å²) in [7, 11) is 3.15. The zero-order chi connectivity index (χ0) is 22.6. The van der Waals surface area contributed by atoms with E-state index in [4.69, 9.17) is 18.7 Å². The van der Waals surface area contributed by atoms with Crippen LogP contribution in [0.3, 0.4) is 0 Å². The molecule has 1 saturated carbocycles. The monoisotopic (exact) mass is 464 g/mol. The summed E-state index contributed by atoms with van der Waals surface area (Å²) in [4.78, 5) is 1.15. The predicted molar refractivity (Wildman–Crippen MR) is 120 cm³/mol. The summed E-state index contributed by atoms with van der Waals surface area (Å²) in [6, 6.07) is 7.05. The Morgan fingerprint density at radius 3 is 2.66 bits per heavy atom. The first-order chi connectivity index (χ1) is 15.6. The quantitative estimate of drug-likeness (QED) is 0.548. The largest absolute Gasteiger partial charge is 0.493 e. The SMILES string of the molecule is COc1ccc(OCc2cc([C@@]3(S(=O)O)CCCN3CC3CCCCC3)no2)cc1OC. The number of benzene rings is 1. The lowest BCUT2D eigenvalue weighted by Gasteiger charge is -2.36. The lowest BCUT2D eigenvalue weighted by molar-refractivity contribution is 0.152. The van der Waals surface area contributed by atoms with E-state index >= 15 is 0 Å². The third kappa shape index (κ3) is 4.65. The second-order valence-corrected chi connectivity index (χ2v) is 9.74. The third-order valence-electron chi connectivity index (χ3n) is 6.64. The summed E-state index contributed by atoms with van der Waals surface area (Å²) in [6.07, 6.45) is 7.61. The number of methoxy groups -OCH3 is 2. The first-order valence-corrected chi connectivity index (χ1v) is 12.3. The van der Waals surface area contributed by atoms with Gasteiger partial charge >= 0.3 is 0 Å². The van der Waals surface area contributed by atoms with Crippen LogP contribution in [0.4, 0.5) is 0 Å². The summed E-state index contributed by atoms with van der Waals surface area (Å²) < 4.78 is 44.9. The molecule has 4 rings (SSSR count). The van der Waals surface area contributed by atoms with Crippen molar-refractivity contribution in [2.24, 2.45) is 5.92 Å². The molecule has 0 bridgehead atoms. The van der Waals surface area contributed by atoms with Crippen LogP contribution in [0.1, 0.15) is 56.4 Å². The van der Waals surface area contributed by atoms with Gasteiger partial charge in [0.1, 0.15) is 18.1 Å². The van der Waals surface area contributed by atoms with Gasteiger partial charge in [-0.2, -0.15) is 0 Å². The highest BCUT2D eigenvalue weighted by atomic mass is 32.2. The molecule has 32 heavy (non-hydrogen) atoms. The molecule has 0 spiro atoms. The fourth-order valence-electron chi connectivity index (χ4n) is 4.97. The smallest absolute Gasteiger partial charge is 0.180 e. The average molecular weight is 465 g/mol. The number of ether oxygens (including phenoxy) is 3. The minimum absolute atomic E-state index is 0.152. The maximum atomic E-state index is 12.6. The highest BCUT2D eigenvalue weighted by Crippen LogP contribution is 2.42. The molecule has 1 unspecified atom stereocenters. The Kier molecular flexibility index (Phi) is 7.37. The molecule has 2 fully saturated rings. The Hall–Kier alpha value is -2.10. The van der Waals surface area contributed by atoms with Crippen molar-refractivity contribution in [2.75, 3.05) is 27.3 Å². The first-order valence-electron chi connectivity index (χ1n) is 11.2. The fraction of sp³-hybridized carbons (Fsp3) is 0.609. The van der Waals surface area contributed by atoms with Gasteiger partial charge in [-0.15, -0.1) is 0 Å². The van der Waals surface area contributed by atoms with Gasteiger partial charge in [0, 0.05) is 25.2 Å². The molecular formula is C23H32N2O6S. The van der Waals surface area contributed by atoms with Crippen molar-refractivity contribution in [2.45, 2.75) is 56.4 Å². The Balaban J connectivity index is 1.48. The highest BCUT2D eigenvalue weighted by Gasteiger charge is 2.50. The van der Waals surface area contributed by atoms with E-state index in [1.165, 1.54) is 32.1 Å². The van der Waals surface area contributed by atoms with Gasteiger partial charge in [0.15, 0.2) is 33.2 Å². The summed E-state index contributed by atoms with van der Waals surface area (Å²) >= 11 is -2.09. The highest BCUT2D eigenvalue weighted by molar-refractivity contribution is 7.80. The normalized spacial score (nSPS) is 23.2. The molecule has 2 heterocycles. The maximum absolute atomic E-state index is 12.6. The van der Waals surface area contributed by atoms with Crippen molar-refractivity contribution in [3.8, 4) is 17.2 Å². The minimum Gasteiger partial charge on any atom is -0.493 e. The van der Waals surface area contributed by atoms with Gasteiger partial charge in [0.05, 0.1) is 14.2 Å². The Bertz CT molecular complexity index is 929. The minimum atomic E-state index is -2.09. The molecule has 2 aromatic rings. The van der Waals surface area contributed by atoms with Gasteiger partial charge < -0.3 is 23.3 Å². The molecule has 2 aliphatic rings. The molecule has 1 N–H and O–H groups in total. The zero-order valence-corrected chi connectivity index (χ0v) is 19.6. The summed E-state index contributed by atoms with van der Waals surface area (Å²) in [5, 5.41) is 4.21. The Morgan fingerprint density at radius 1 is 1.16 bits per heavy atom. The fourth-order valence-corrected chi connectivity index (χ4v) is 5.95. The van der Waals surface area contributed by atoms with E-state index in [1.54, 1.807) is 38.5 Å². The molecule has 1 aromatic carbocycles. The van der Waals surface area contributed by atoms with Gasteiger partial charge in [-0.1, -0.05) is 24.4 Å². The van der Waals surface area contributed by atoms with E-state index in [9.17, 15) is 8.76 Å². The molecule has 2 atom stereocenters. The van der Waals surface area contributed by atoms with Gasteiger partial charge in [0.2, 0.25) is 0 Å². The second kappa shape index (κ2) is 10.2. The Morgan fingerprint density at radius 2 is 1.94 bits per heavy atom. The zero-order valence-electron chi connectivity index (χ0n) is 18.7. The number of likely N-dealkylation sites (tertiary alicyclic amines) is 1. The van der Waals surface area contributed by atoms with Crippen LogP contribution in [0.15, 0.2) is 28.8 Å². The average Bonchev–Trinajstić information content (AvgIpc) is 3.46. The van der Waals surface area contributed by atoms with Crippen LogP contribution < -0.4 is 14.2 Å². The molecule has 1 aromatic heterocycles. The Labute approximate surface area is 191 Å². The van der Waals surface area contributed by atoms with Crippen LogP contribution in [0, 0.1) is 5.92 Å². The van der Waals surface area contributed by atoms with Crippen LogP contribution in [0.5, 0.6) is 17.2 Å². The molecular weight excluding hydrogens is 432 g/mol. The van der Waals surface area contributed by atoms with Crippen LogP contribution in [0.2, 0.25) is 0 Å². The van der Waals surface area contributed by atoms with Crippen molar-refractivity contribution >= 4 is 11.1 Å². The number of hydrogen-bond donors (Lipinski definition) is 1. The van der Waals surface area contributed by atoms with Crippen molar-refractivity contribution in [1.29, 1.82) is 0 Å². The summed E-state index contributed by atoms with van der Waals surface area (Å²) in [5.74, 6) is 2.87. The van der Waals surface area contributed by atoms with Crippen LogP contribution in [0.25, 0.3) is 0 Å².